The first-order valence-corrected chi connectivity index (χ1v) is 1.21. The second-order valence-corrected chi connectivity index (χ2v) is 1.08. The van der Waals surface area contributed by atoms with Crippen LogP contribution in [0, 0.1) is 0 Å². The quantitative estimate of drug-likeness (QED) is 0.214. The molecule has 0 radical (unpaired) electrons. The Hall–Kier alpha value is 0.400. The highest BCUT2D eigenvalue weighted by Crippen LogP contribution is 1.30. The second-order valence-electron chi connectivity index (χ2n) is 1.08. The van der Waals surface area contributed by atoms with Crippen molar-refractivity contribution >= 4 is 6.72 Å². The van der Waals surface area contributed by atoms with E-state index in [1.807, 2.05) is 14.1 Å². The first-order valence-electron chi connectivity index (χ1n) is 1.21. The van der Waals surface area contributed by atoms with Crippen LogP contribution in [0.25, 0.3) is 0 Å². The molecule has 0 heterocycles. The van der Waals surface area contributed by atoms with Gasteiger partial charge in [-0.05, 0) is 0 Å². The lowest BCUT2D eigenvalue weighted by molar-refractivity contribution is -0.454. The Bertz CT molecular complexity index is 29.9. The van der Waals surface area contributed by atoms with Crippen LogP contribution in [0.2, 0.25) is 0 Å². The van der Waals surface area contributed by atoms with Gasteiger partial charge in [0.15, 0.2) is 0 Å². The largest absolute Gasteiger partial charge is 1.00 e. The molecule has 0 aliphatic rings. The van der Waals surface area contributed by atoms with E-state index in [2.05, 4.69) is 6.72 Å². The van der Waals surface area contributed by atoms with E-state index in [9.17, 15) is 0 Å². The normalized spacial score (nSPS) is 5.20. The molecule has 0 unspecified atom stereocenters. The first-order chi connectivity index (χ1) is 1.73. The molecule has 0 aromatic heterocycles. The van der Waals surface area contributed by atoms with Crippen LogP contribution in [0.4, 0.5) is 0 Å². The number of hydrogen-bond donors (Lipinski definition) is 0. The minimum absolute atomic E-state index is 0. The van der Waals surface area contributed by atoms with Gasteiger partial charge in [-0.25, -0.2) is 4.58 Å². The molecule has 1 nitrogen and oxygen atoms in total. The van der Waals surface area contributed by atoms with E-state index >= 15 is 0 Å². The summed E-state index contributed by atoms with van der Waals surface area (Å²) in [5.41, 5.74) is 0. The van der Waals surface area contributed by atoms with E-state index in [1.165, 1.54) is 0 Å². The van der Waals surface area contributed by atoms with Crippen molar-refractivity contribution in [2.45, 2.75) is 0 Å². The molecule has 0 rings (SSSR count). The molecule has 2 heteroatoms. The molecule has 0 saturated heterocycles. The second kappa shape index (κ2) is 4.40. The van der Waals surface area contributed by atoms with Crippen LogP contribution in [0.5, 0.6) is 0 Å². The molecule has 0 aromatic rings. The van der Waals surface area contributed by atoms with Crippen molar-refractivity contribution in [3.8, 4) is 0 Å². The van der Waals surface area contributed by atoms with E-state index < -0.39 is 0 Å². The summed E-state index contributed by atoms with van der Waals surface area (Å²) in [6.07, 6.45) is 0. The molecule has 0 fully saturated rings. The molecule has 0 aliphatic heterocycles. The summed E-state index contributed by atoms with van der Waals surface area (Å²) in [6.45, 7) is 3.47. The van der Waals surface area contributed by atoms with Crippen LogP contribution >= 0.6 is 0 Å². The van der Waals surface area contributed by atoms with E-state index in [1.54, 1.807) is 4.58 Å². The molecule has 0 amide bonds. The molecule has 0 atom stereocenters. The number of nitrogens with zero attached hydrogens (tertiary/aromatic N) is 1. The summed E-state index contributed by atoms with van der Waals surface area (Å²) in [4.78, 5) is 0. The van der Waals surface area contributed by atoms with Crippen molar-refractivity contribution in [3.05, 3.63) is 0 Å². The molecule has 0 N–H and O–H groups in total. The van der Waals surface area contributed by atoms with Crippen LogP contribution < -0.4 is 24.0 Å². The number of rotatable bonds is 0. The Morgan fingerprint density at radius 3 is 1.40 bits per heavy atom. The summed E-state index contributed by atoms with van der Waals surface area (Å²) in [5, 5.41) is 0. The van der Waals surface area contributed by atoms with Gasteiger partial charge in [0.05, 0.1) is 0 Å². The van der Waals surface area contributed by atoms with Crippen molar-refractivity contribution in [1.82, 2.24) is 0 Å². The van der Waals surface area contributed by atoms with E-state index in [4.69, 9.17) is 0 Å². The highest BCUT2D eigenvalue weighted by atomic mass is 127. The van der Waals surface area contributed by atoms with Gasteiger partial charge in [0.1, 0.15) is 20.8 Å². The lowest BCUT2D eigenvalue weighted by Crippen LogP contribution is -3.00. The average molecular weight is 185 g/mol. The Balaban J connectivity index is 0. The van der Waals surface area contributed by atoms with Crippen molar-refractivity contribution < 1.29 is 28.6 Å². The van der Waals surface area contributed by atoms with Gasteiger partial charge in [-0.3, -0.25) is 0 Å². The van der Waals surface area contributed by atoms with Gasteiger partial charge in [-0.15, -0.1) is 0 Å². The van der Waals surface area contributed by atoms with Crippen LogP contribution in [-0.2, 0) is 0 Å². The van der Waals surface area contributed by atoms with Gasteiger partial charge < -0.3 is 24.0 Å². The van der Waals surface area contributed by atoms with Crippen molar-refractivity contribution in [3.63, 3.8) is 0 Å². The minimum Gasteiger partial charge on any atom is -1.00 e. The van der Waals surface area contributed by atoms with Gasteiger partial charge in [0.25, 0.3) is 0 Å². The fraction of sp³-hybridized carbons (Fsp3) is 0.667. The van der Waals surface area contributed by atoms with Crippen molar-refractivity contribution in [2.75, 3.05) is 14.1 Å². The molecule has 0 spiro atoms. The molecule has 0 aliphatic carbocycles. The maximum absolute atomic E-state index is 3.47. The molecule has 0 bridgehead atoms. The predicted octanol–water partition coefficient (Wildman–Crippen LogP) is -3.04. The Labute approximate surface area is 49.7 Å². The van der Waals surface area contributed by atoms with Crippen molar-refractivity contribution in [1.29, 1.82) is 0 Å². The van der Waals surface area contributed by atoms with Gasteiger partial charge in [0, 0.05) is 0 Å². The zero-order chi connectivity index (χ0) is 3.58. The Kier molecular flexibility index (Phi) is 7.96. The smallest absolute Gasteiger partial charge is 0.131 e. The van der Waals surface area contributed by atoms with Crippen LogP contribution in [0.3, 0.4) is 0 Å². The zero-order valence-electron chi connectivity index (χ0n) is 3.53. The van der Waals surface area contributed by atoms with Gasteiger partial charge in [-0.1, -0.05) is 0 Å². The first kappa shape index (κ1) is 9.04. The van der Waals surface area contributed by atoms with Crippen molar-refractivity contribution in [2.24, 2.45) is 0 Å². The third kappa shape index (κ3) is 158. The van der Waals surface area contributed by atoms with Crippen LogP contribution in [0.15, 0.2) is 0 Å². The van der Waals surface area contributed by atoms with Crippen LogP contribution in [-0.4, -0.2) is 25.4 Å². The minimum atomic E-state index is 0. The van der Waals surface area contributed by atoms with E-state index in [0.717, 1.165) is 0 Å². The summed E-state index contributed by atoms with van der Waals surface area (Å²) >= 11 is 0. The highest BCUT2D eigenvalue weighted by Gasteiger charge is 1.53. The summed E-state index contributed by atoms with van der Waals surface area (Å²) in [7, 11) is 3.78. The maximum Gasteiger partial charge on any atom is 0.131 e. The van der Waals surface area contributed by atoms with Gasteiger partial charge >= 0.3 is 0 Å². The maximum atomic E-state index is 3.47. The fourth-order valence-electron chi connectivity index (χ4n) is 0. The molecule has 0 saturated carbocycles. The lowest BCUT2D eigenvalue weighted by atomic mass is 11.1. The average Bonchev–Trinajstić information content (AvgIpc) is 0.811. The standard InChI is InChI=1S/C3H8N.HI/c1-4(2)3;/h1H2,2-3H3;1H/q+1;/p-1. The zero-order valence-corrected chi connectivity index (χ0v) is 5.69. The number of hydrogen-bond acceptors (Lipinski definition) is 0. The molecular formula is C3H8IN. The monoisotopic (exact) mass is 185 g/mol. The Morgan fingerprint density at radius 1 is 1.40 bits per heavy atom. The summed E-state index contributed by atoms with van der Waals surface area (Å²) in [6, 6.07) is 0. The van der Waals surface area contributed by atoms with Crippen LogP contribution in [0.1, 0.15) is 0 Å². The number of halogens is 1. The van der Waals surface area contributed by atoms with Gasteiger partial charge in [-0.2, -0.15) is 0 Å². The third-order valence-electron chi connectivity index (χ3n) is 0. The molecule has 5 heavy (non-hydrogen) atoms. The summed E-state index contributed by atoms with van der Waals surface area (Å²) in [5.74, 6) is 0. The van der Waals surface area contributed by atoms with E-state index in [-0.39, 0.29) is 24.0 Å². The SMILES string of the molecule is C=[N+](C)C.[I-]. The topological polar surface area (TPSA) is 3.01 Å². The molecule has 0 aromatic carbocycles. The Morgan fingerprint density at radius 2 is 1.40 bits per heavy atom. The summed E-state index contributed by atoms with van der Waals surface area (Å²) < 4.78 is 1.75. The van der Waals surface area contributed by atoms with Gasteiger partial charge in [0.2, 0.25) is 0 Å². The lowest BCUT2D eigenvalue weighted by Gasteiger charge is -1.65. The fourth-order valence-corrected chi connectivity index (χ4v) is 0. The molecular weight excluding hydrogens is 177 g/mol. The predicted molar refractivity (Wildman–Crippen MR) is 19.2 cm³/mol. The third-order valence-corrected chi connectivity index (χ3v) is 0. The highest BCUT2D eigenvalue weighted by molar-refractivity contribution is 5.13. The molecule has 32 valence electrons. The van der Waals surface area contributed by atoms with E-state index in [0.29, 0.717) is 0 Å².